The minimum Gasteiger partial charge on any atom is -0.460 e. The molecule has 0 aliphatic rings. The lowest BCUT2D eigenvalue weighted by Gasteiger charge is -2.31. The van der Waals surface area contributed by atoms with Gasteiger partial charge in [0.15, 0.2) is 5.60 Å². The summed E-state index contributed by atoms with van der Waals surface area (Å²) in [6, 6.07) is 24.9. The highest BCUT2D eigenvalue weighted by Crippen LogP contribution is 2.34. The van der Waals surface area contributed by atoms with Crippen LogP contribution in [-0.4, -0.2) is 37.2 Å². The number of hydrogen-bond acceptors (Lipinski definition) is 5. The van der Waals surface area contributed by atoms with Crippen molar-refractivity contribution in [1.82, 2.24) is 0 Å². The molecule has 0 radical (unpaired) electrons. The number of rotatable bonds is 14. The van der Waals surface area contributed by atoms with E-state index in [-0.39, 0.29) is 23.9 Å². The molecule has 190 valence electrons. The summed E-state index contributed by atoms with van der Waals surface area (Å²) >= 11 is 0. The molecule has 0 bridgehead atoms. The van der Waals surface area contributed by atoms with Crippen LogP contribution < -0.4 is 5.32 Å². The Hall–Kier alpha value is -3.55. The zero-order valence-corrected chi connectivity index (χ0v) is 21.0. The van der Waals surface area contributed by atoms with Crippen LogP contribution in [0.1, 0.15) is 40.7 Å². The van der Waals surface area contributed by atoms with Gasteiger partial charge in [0, 0.05) is 23.5 Å². The van der Waals surface area contributed by atoms with E-state index in [1.54, 1.807) is 0 Å². The first-order valence-corrected chi connectivity index (χ1v) is 12.3. The fourth-order valence-corrected chi connectivity index (χ4v) is 4.40. The average Bonchev–Trinajstić information content (AvgIpc) is 2.86. The van der Waals surface area contributed by atoms with Gasteiger partial charge in [-0.25, -0.2) is 0 Å². The molecule has 0 saturated heterocycles. The highest BCUT2D eigenvalue weighted by atomic mass is 16.6. The van der Waals surface area contributed by atoms with Gasteiger partial charge in [0.2, 0.25) is 6.54 Å². The SMILES string of the molecule is Cc1cc(C)cc(C[NH2+]CCOC(=O)CCCOC(C[N+](=O)[O-])(c2ccccc2)c2ccccc2)c1. The second-order valence-electron chi connectivity index (χ2n) is 9.00. The molecule has 0 aromatic heterocycles. The molecule has 0 atom stereocenters. The lowest BCUT2D eigenvalue weighted by Crippen LogP contribution is -2.83. The van der Waals surface area contributed by atoms with Crippen molar-refractivity contribution >= 4 is 5.97 Å². The fourth-order valence-electron chi connectivity index (χ4n) is 4.40. The van der Waals surface area contributed by atoms with Gasteiger partial charge in [-0.05, 0) is 31.4 Å². The molecule has 0 fully saturated rings. The van der Waals surface area contributed by atoms with E-state index >= 15 is 0 Å². The highest BCUT2D eigenvalue weighted by Gasteiger charge is 2.40. The van der Waals surface area contributed by atoms with Gasteiger partial charge in [0.25, 0.3) is 0 Å². The van der Waals surface area contributed by atoms with Crippen LogP contribution in [0.5, 0.6) is 0 Å². The first-order valence-electron chi connectivity index (χ1n) is 12.3. The van der Waals surface area contributed by atoms with Crippen LogP contribution in [0, 0.1) is 24.0 Å². The van der Waals surface area contributed by atoms with Gasteiger partial charge in [0.1, 0.15) is 19.7 Å². The van der Waals surface area contributed by atoms with Crippen molar-refractivity contribution in [2.24, 2.45) is 0 Å². The van der Waals surface area contributed by atoms with Gasteiger partial charge < -0.3 is 14.8 Å². The maximum absolute atomic E-state index is 12.2. The molecule has 0 amide bonds. The van der Waals surface area contributed by atoms with E-state index in [0.717, 1.165) is 6.54 Å². The van der Waals surface area contributed by atoms with Crippen LogP contribution in [-0.2, 0) is 26.4 Å². The molecular formula is C29H35N2O5+. The topological polar surface area (TPSA) is 95.3 Å². The molecule has 0 heterocycles. The van der Waals surface area contributed by atoms with E-state index in [1.165, 1.54) is 16.7 Å². The minimum absolute atomic E-state index is 0.186. The summed E-state index contributed by atoms with van der Waals surface area (Å²) in [5.41, 5.74) is 3.91. The van der Waals surface area contributed by atoms with Crippen LogP contribution in [0.2, 0.25) is 0 Å². The smallest absolute Gasteiger partial charge is 0.306 e. The fraction of sp³-hybridized carbons (Fsp3) is 0.345. The summed E-state index contributed by atoms with van der Waals surface area (Å²) < 4.78 is 11.6. The standard InChI is InChI=1S/C29H34N2O5/c1-23-18-24(2)20-25(19-23)21-30-15-17-35-28(32)14-9-16-36-29(22-31(33)34,26-10-5-3-6-11-26)27-12-7-4-8-13-27/h3-8,10-13,18-20,30H,9,14-17,21-22H2,1-2H3/p+1. The number of ether oxygens (including phenoxy) is 2. The third-order valence-electron chi connectivity index (χ3n) is 5.95. The van der Waals surface area contributed by atoms with Crippen molar-refractivity contribution in [2.75, 3.05) is 26.3 Å². The van der Waals surface area contributed by atoms with Crippen molar-refractivity contribution in [3.8, 4) is 0 Å². The number of carbonyl (C=O) groups excluding carboxylic acids is 1. The summed E-state index contributed by atoms with van der Waals surface area (Å²) in [7, 11) is 0. The van der Waals surface area contributed by atoms with E-state index in [1.807, 2.05) is 60.7 Å². The van der Waals surface area contributed by atoms with Crippen molar-refractivity contribution in [3.63, 3.8) is 0 Å². The summed E-state index contributed by atoms with van der Waals surface area (Å²) in [4.78, 5) is 23.5. The Labute approximate surface area is 212 Å². The molecule has 0 aliphatic carbocycles. The van der Waals surface area contributed by atoms with Gasteiger partial charge in [-0.3, -0.25) is 14.9 Å². The normalized spacial score (nSPS) is 11.3. The maximum atomic E-state index is 12.2. The van der Waals surface area contributed by atoms with Gasteiger partial charge in [-0.2, -0.15) is 0 Å². The molecule has 3 rings (SSSR count). The van der Waals surface area contributed by atoms with Crippen LogP contribution in [0.3, 0.4) is 0 Å². The Balaban J connectivity index is 1.48. The molecular weight excluding hydrogens is 456 g/mol. The number of nitrogens with zero attached hydrogens (tertiary/aromatic N) is 1. The number of hydrogen-bond donors (Lipinski definition) is 1. The minimum atomic E-state index is -1.24. The van der Waals surface area contributed by atoms with Crippen LogP contribution >= 0.6 is 0 Å². The third-order valence-corrected chi connectivity index (χ3v) is 5.95. The molecule has 0 aliphatic heterocycles. The predicted octanol–water partition coefficient (Wildman–Crippen LogP) is 3.93. The number of aryl methyl sites for hydroxylation is 2. The molecule has 0 saturated carbocycles. The number of quaternary nitrogens is 1. The van der Waals surface area contributed by atoms with Crippen LogP contribution in [0.15, 0.2) is 78.9 Å². The largest absolute Gasteiger partial charge is 0.460 e. The Kier molecular flexibility index (Phi) is 10.2. The van der Waals surface area contributed by atoms with Gasteiger partial charge in [0.05, 0.1) is 0 Å². The molecule has 7 heteroatoms. The number of esters is 1. The summed E-state index contributed by atoms with van der Waals surface area (Å²) in [5, 5.41) is 13.8. The van der Waals surface area contributed by atoms with Crippen molar-refractivity contribution < 1.29 is 24.5 Å². The van der Waals surface area contributed by atoms with Crippen molar-refractivity contribution in [2.45, 2.75) is 38.8 Å². The first kappa shape index (κ1) is 27.0. The zero-order valence-electron chi connectivity index (χ0n) is 21.0. The molecule has 36 heavy (non-hydrogen) atoms. The van der Waals surface area contributed by atoms with Crippen LogP contribution in [0.25, 0.3) is 0 Å². The second-order valence-corrected chi connectivity index (χ2v) is 9.00. The Morgan fingerprint density at radius 2 is 1.50 bits per heavy atom. The Morgan fingerprint density at radius 1 is 0.917 bits per heavy atom. The highest BCUT2D eigenvalue weighted by molar-refractivity contribution is 5.69. The predicted molar refractivity (Wildman–Crippen MR) is 138 cm³/mol. The third kappa shape index (κ3) is 8.00. The van der Waals surface area contributed by atoms with E-state index in [0.29, 0.717) is 30.7 Å². The molecule has 3 aromatic carbocycles. The summed E-state index contributed by atoms with van der Waals surface area (Å²) in [6.07, 6.45) is 0.597. The average molecular weight is 492 g/mol. The number of carbonyl (C=O) groups is 1. The quantitative estimate of drug-likeness (QED) is 0.160. The number of nitro groups is 1. The molecule has 2 N–H and O–H groups in total. The lowest BCUT2D eigenvalue weighted by atomic mass is 9.86. The molecule has 0 unspecified atom stereocenters. The van der Waals surface area contributed by atoms with Crippen molar-refractivity contribution in [1.29, 1.82) is 0 Å². The summed E-state index contributed by atoms with van der Waals surface area (Å²) in [5.74, 6) is -0.294. The number of benzene rings is 3. The Morgan fingerprint density at radius 3 is 2.06 bits per heavy atom. The van der Waals surface area contributed by atoms with Crippen LogP contribution in [0.4, 0.5) is 0 Å². The maximum Gasteiger partial charge on any atom is 0.306 e. The second kappa shape index (κ2) is 13.5. The number of nitrogens with two attached hydrogens (primary N) is 1. The van der Waals surface area contributed by atoms with E-state index in [9.17, 15) is 14.9 Å². The molecule has 7 nitrogen and oxygen atoms in total. The van der Waals surface area contributed by atoms with Gasteiger partial charge >= 0.3 is 5.97 Å². The molecule has 0 spiro atoms. The van der Waals surface area contributed by atoms with Crippen molar-refractivity contribution in [3.05, 3.63) is 117 Å². The zero-order chi connectivity index (χ0) is 25.8. The van der Waals surface area contributed by atoms with Gasteiger partial charge in [-0.1, -0.05) is 90.0 Å². The van der Waals surface area contributed by atoms with Gasteiger partial charge in [-0.15, -0.1) is 0 Å². The van der Waals surface area contributed by atoms with E-state index in [4.69, 9.17) is 9.47 Å². The monoisotopic (exact) mass is 491 g/mol. The molecule has 3 aromatic rings. The van der Waals surface area contributed by atoms with E-state index in [2.05, 4.69) is 37.4 Å². The lowest BCUT2D eigenvalue weighted by molar-refractivity contribution is -0.671. The van der Waals surface area contributed by atoms with E-state index < -0.39 is 12.1 Å². The Bertz CT molecular complexity index is 1060. The first-order chi connectivity index (χ1) is 17.4. The summed E-state index contributed by atoms with van der Waals surface area (Å²) in [6.45, 7) is 5.80.